The van der Waals surface area contributed by atoms with E-state index in [1.54, 1.807) is 0 Å². The number of nitrogens with one attached hydrogen (secondary N) is 1. The molecule has 10 heavy (non-hydrogen) atoms. The highest BCUT2D eigenvalue weighted by Crippen LogP contribution is 1.80. The van der Waals surface area contributed by atoms with E-state index in [1.807, 2.05) is 0 Å². The van der Waals surface area contributed by atoms with Crippen LogP contribution in [0.15, 0.2) is 0 Å². The average molecular weight is 147 g/mol. The third kappa shape index (κ3) is 6.74. The van der Waals surface area contributed by atoms with Crippen molar-refractivity contribution >= 4 is 12.6 Å². The zero-order valence-electron chi connectivity index (χ0n) is 5.37. The minimum absolute atomic E-state index is 0.121. The van der Waals surface area contributed by atoms with Crippen LogP contribution in [0.25, 0.3) is 0 Å². The van der Waals surface area contributed by atoms with Gasteiger partial charge in [-0.05, 0) is 6.42 Å². The third-order valence-corrected chi connectivity index (χ3v) is 0.774. The molecule has 1 amide bonds. The second-order valence-electron chi connectivity index (χ2n) is 1.54. The largest absolute Gasteiger partial charge is 0.505 e. The highest BCUT2D eigenvalue weighted by molar-refractivity contribution is 5.56. The number of carboxylic acid groups (broad SMARTS) is 1. The van der Waals surface area contributed by atoms with Crippen LogP contribution in [0.4, 0.5) is 4.79 Å². The van der Waals surface area contributed by atoms with Crippen LogP contribution in [-0.2, 0) is 9.53 Å². The summed E-state index contributed by atoms with van der Waals surface area (Å²) < 4.78 is 4.15. The number of rotatable bonds is 5. The first-order valence-electron chi connectivity index (χ1n) is 2.80. The molecule has 0 bridgehead atoms. The van der Waals surface area contributed by atoms with E-state index in [2.05, 4.69) is 10.1 Å². The van der Waals surface area contributed by atoms with Gasteiger partial charge in [0.05, 0.1) is 6.61 Å². The predicted octanol–water partition coefficient (Wildman–Crippen LogP) is -0.183. The Morgan fingerprint density at radius 3 is 2.90 bits per heavy atom. The van der Waals surface area contributed by atoms with Gasteiger partial charge in [0.2, 0.25) is 6.41 Å². The smallest absolute Gasteiger partial charge is 0.450 e. The zero-order chi connectivity index (χ0) is 7.82. The molecule has 58 valence electrons. The minimum Gasteiger partial charge on any atom is -0.450 e. The highest BCUT2D eigenvalue weighted by atomic mass is 16.7. The monoisotopic (exact) mass is 147 g/mol. The number of hydrogen-bond donors (Lipinski definition) is 2. The molecule has 0 aliphatic rings. The summed E-state index contributed by atoms with van der Waals surface area (Å²) in [4.78, 5) is 19.4. The molecule has 0 rings (SSSR count). The molecule has 0 aromatic heterocycles. The van der Waals surface area contributed by atoms with E-state index < -0.39 is 6.16 Å². The molecule has 0 unspecified atom stereocenters. The lowest BCUT2D eigenvalue weighted by molar-refractivity contribution is -0.109. The Balaban J connectivity index is 2.90. The van der Waals surface area contributed by atoms with Crippen LogP contribution >= 0.6 is 0 Å². The van der Waals surface area contributed by atoms with Crippen molar-refractivity contribution in [3.63, 3.8) is 0 Å². The number of ether oxygens (including phenoxy) is 1. The molecule has 0 heterocycles. The maximum absolute atomic E-state index is 9.72. The van der Waals surface area contributed by atoms with Crippen LogP contribution in [-0.4, -0.2) is 30.8 Å². The van der Waals surface area contributed by atoms with Crippen molar-refractivity contribution in [2.45, 2.75) is 6.42 Å². The molecule has 2 N–H and O–H groups in total. The molecule has 0 aliphatic heterocycles. The van der Waals surface area contributed by atoms with Gasteiger partial charge in [-0.1, -0.05) is 0 Å². The van der Waals surface area contributed by atoms with Gasteiger partial charge in [0, 0.05) is 6.54 Å². The van der Waals surface area contributed by atoms with Crippen LogP contribution < -0.4 is 5.32 Å². The van der Waals surface area contributed by atoms with Crippen molar-refractivity contribution in [1.29, 1.82) is 0 Å². The van der Waals surface area contributed by atoms with E-state index in [1.165, 1.54) is 0 Å². The van der Waals surface area contributed by atoms with Crippen molar-refractivity contribution in [2.24, 2.45) is 0 Å². The summed E-state index contributed by atoms with van der Waals surface area (Å²) in [6.07, 6.45) is -0.225. The normalized spacial score (nSPS) is 8.40. The molecule has 0 aromatic carbocycles. The Morgan fingerprint density at radius 2 is 2.40 bits per heavy atom. The molecule has 0 aromatic rings. The van der Waals surface area contributed by atoms with E-state index in [9.17, 15) is 9.59 Å². The Bertz CT molecular complexity index is 114. The van der Waals surface area contributed by atoms with Crippen molar-refractivity contribution in [3.05, 3.63) is 0 Å². The molecule has 0 radical (unpaired) electrons. The first-order chi connectivity index (χ1) is 4.77. The Labute approximate surface area is 58.0 Å². The van der Waals surface area contributed by atoms with Gasteiger partial charge in [0.25, 0.3) is 0 Å². The van der Waals surface area contributed by atoms with Crippen LogP contribution in [0.2, 0.25) is 0 Å². The van der Waals surface area contributed by atoms with E-state index in [4.69, 9.17) is 5.11 Å². The average Bonchev–Trinajstić information content (AvgIpc) is 1.87. The number of carbonyl (C=O) groups excluding carboxylic acids is 1. The number of carbonyl (C=O) groups is 2. The SMILES string of the molecule is O=CNCCCOC(=O)O. The summed E-state index contributed by atoms with van der Waals surface area (Å²) in [5.41, 5.74) is 0. The van der Waals surface area contributed by atoms with E-state index in [-0.39, 0.29) is 6.61 Å². The van der Waals surface area contributed by atoms with Crippen LogP contribution in [0.1, 0.15) is 6.42 Å². The third-order valence-electron chi connectivity index (χ3n) is 0.774. The van der Waals surface area contributed by atoms with Gasteiger partial charge in [0.1, 0.15) is 0 Å². The zero-order valence-corrected chi connectivity index (χ0v) is 5.37. The molecule has 0 saturated heterocycles. The summed E-state index contributed by atoms with van der Waals surface area (Å²) in [7, 11) is 0. The van der Waals surface area contributed by atoms with E-state index in [0.29, 0.717) is 19.4 Å². The maximum atomic E-state index is 9.72. The van der Waals surface area contributed by atoms with Crippen molar-refractivity contribution in [3.8, 4) is 0 Å². The van der Waals surface area contributed by atoms with E-state index in [0.717, 1.165) is 0 Å². The molecule has 5 nitrogen and oxygen atoms in total. The van der Waals surface area contributed by atoms with Crippen molar-refractivity contribution in [1.82, 2.24) is 5.32 Å². The molecular formula is C5H9NO4. The Hall–Kier alpha value is -1.26. The van der Waals surface area contributed by atoms with Gasteiger partial charge in [-0.25, -0.2) is 4.79 Å². The fourth-order valence-corrected chi connectivity index (χ4v) is 0.393. The summed E-state index contributed by atoms with van der Waals surface area (Å²) in [5.74, 6) is 0. The predicted molar refractivity (Wildman–Crippen MR) is 32.7 cm³/mol. The van der Waals surface area contributed by atoms with Crippen LogP contribution in [0.3, 0.4) is 0 Å². The molecular weight excluding hydrogens is 138 g/mol. The van der Waals surface area contributed by atoms with Gasteiger partial charge in [0.15, 0.2) is 0 Å². The van der Waals surface area contributed by atoms with Gasteiger partial charge in [-0.3, -0.25) is 4.79 Å². The molecule has 5 heteroatoms. The number of hydrogen-bond acceptors (Lipinski definition) is 3. The van der Waals surface area contributed by atoms with Gasteiger partial charge >= 0.3 is 6.16 Å². The molecule has 0 fully saturated rings. The topological polar surface area (TPSA) is 75.6 Å². The second-order valence-corrected chi connectivity index (χ2v) is 1.54. The quantitative estimate of drug-likeness (QED) is 0.321. The van der Waals surface area contributed by atoms with Gasteiger partial charge < -0.3 is 15.2 Å². The fraction of sp³-hybridized carbons (Fsp3) is 0.600. The van der Waals surface area contributed by atoms with E-state index >= 15 is 0 Å². The Kier molecular flexibility index (Phi) is 5.13. The number of amides is 1. The van der Waals surface area contributed by atoms with Crippen molar-refractivity contribution < 1.29 is 19.4 Å². The lowest BCUT2D eigenvalue weighted by atomic mass is 10.4. The van der Waals surface area contributed by atoms with Gasteiger partial charge in [-0.15, -0.1) is 0 Å². The van der Waals surface area contributed by atoms with Crippen LogP contribution in [0.5, 0.6) is 0 Å². The molecule has 0 spiro atoms. The lowest BCUT2D eigenvalue weighted by Crippen LogP contribution is -2.15. The van der Waals surface area contributed by atoms with Gasteiger partial charge in [-0.2, -0.15) is 0 Å². The molecule has 0 saturated carbocycles. The highest BCUT2D eigenvalue weighted by Gasteiger charge is 1.93. The lowest BCUT2D eigenvalue weighted by Gasteiger charge is -1.98. The second kappa shape index (κ2) is 5.87. The van der Waals surface area contributed by atoms with Crippen molar-refractivity contribution in [2.75, 3.05) is 13.2 Å². The minimum atomic E-state index is -1.29. The maximum Gasteiger partial charge on any atom is 0.505 e. The molecule has 0 atom stereocenters. The summed E-state index contributed by atoms with van der Waals surface area (Å²) in [6, 6.07) is 0. The first kappa shape index (κ1) is 8.74. The summed E-state index contributed by atoms with van der Waals surface area (Å²) in [6.45, 7) is 0.562. The molecule has 0 aliphatic carbocycles. The standard InChI is InChI=1S/C5H9NO4/c7-4-6-2-1-3-10-5(8)9/h4H,1-3H2,(H,6,7)(H,8,9). The first-order valence-corrected chi connectivity index (χ1v) is 2.80. The fourth-order valence-electron chi connectivity index (χ4n) is 0.393. The van der Waals surface area contributed by atoms with Crippen LogP contribution in [0, 0.1) is 0 Å². The summed E-state index contributed by atoms with van der Waals surface area (Å²) >= 11 is 0. The Morgan fingerprint density at radius 1 is 1.70 bits per heavy atom. The summed E-state index contributed by atoms with van der Waals surface area (Å²) in [5, 5.41) is 10.3.